The minimum Gasteiger partial charge on any atom is -0.388 e. The summed E-state index contributed by atoms with van der Waals surface area (Å²) in [5.41, 5.74) is 1.16. The van der Waals surface area contributed by atoms with Crippen molar-refractivity contribution < 1.29 is 14.7 Å². The van der Waals surface area contributed by atoms with E-state index in [0.717, 1.165) is 16.0 Å². The van der Waals surface area contributed by atoms with Gasteiger partial charge >= 0.3 is 0 Å². The third-order valence-electron chi connectivity index (χ3n) is 9.62. The van der Waals surface area contributed by atoms with Crippen LogP contribution >= 0.6 is 22.9 Å². The zero-order chi connectivity index (χ0) is 32.7. The number of piperidine rings is 2. The number of carbonyl (C=O) groups is 2. The number of aromatic nitrogens is 4. The Hall–Kier alpha value is -4.32. The molecule has 4 aromatic heterocycles. The first-order valence-corrected chi connectivity index (χ1v) is 17.0. The first-order chi connectivity index (χ1) is 22.7. The number of rotatable bonds is 6. The number of likely N-dealkylation sites (tertiary alicyclic amines) is 2. The highest BCUT2D eigenvalue weighted by atomic mass is 35.5. The minimum atomic E-state index is -1.13. The van der Waals surface area contributed by atoms with Crippen LogP contribution in [0.5, 0.6) is 0 Å². The van der Waals surface area contributed by atoms with Crippen molar-refractivity contribution in [3.63, 3.8) is 0 Å². The van der Waals surface area contributed by atoms with Gasteiger partial charge in [-0.2, -0.15) is 0 Å². The summed E-state index contributed by atoms with van der Waals surface area (Å²) in [4.78, 5) is 54.6. The minimum absolute atomic E-state index is 0.0447. The molecule has 2 fully saturated rings. The fourth-order valence-corrected chi connectivity index (χ4v) is 8.24. The summed E-state index contributed by atoms with van der Waals surface area (Å²) < 4.78 is 3.27. The van der Waals surface area contributed by atoms with Crippen molar-refractivity contribution in [2.24, 2.45) is 13.0 Å². The maximum absolute atomic E-state index is 14.1. The lowest BCUT2D eigenvalue weighted by atomic mass is 9.79. The molecule has 2 atom stereocenters. The molecule has 47 heavy (non-hydrogen) atoms. The SMILES string of the molecule is Cn1ccc2c(=O)n(CC3(O)CCN(C(=O)[C@@H]4CCN(C(=O)c5ccc(-c6ccncc6Cl)s5)C[C@H]4c4ccccc4)CC3)cnc21. The van der Waals surface area contributed by atoms with Gasteiger partial charge < -0.3 is 19.5 Å². The fourth-order valence-electron chi connectivity index (χ4n) is 6.94. The van der Waals surface area contributed by atoms with Crippen LogP contribution in [0.15, 0.2) is 84.3 Å². The highest BCUT2D eigenvalue weighted by Crippen LogP contribution is 2.38. The molecule has 5 aromatic rings. The topological polar surface area (TPSA) is 114 Å². The first-order valence-electron chi connectivity index (χ1n) is 15.8. The zero-order valence-corrected chi connectivity index (χ0v) is 27.5. The van der Waals surface area contributed by atoms with Gasteiger partial charge in [-0.1, -0.05) is 41.9 Å². The highest BCUT2D eigenvalue weighted by Gasteiger charge is 2.42. The number of nitrogens with zero attached hydrogens (tertiary/aromatic N) is 6. The van der Waals surface area contributed by atoms with E-state index in [1.54, 1.807) is 29.2 Å². The summed E-state index contributed by atoms with van der Waals surface area (Å²) in [5.74, 6) is -0.476. The van der Waals surface area contributed by atoms with Gasteiger partial charge in [-0.05, 0) is 49.1 Å². The predicted molar refractivity (Wildman–Crippen MR) is 181 cm³/mol. The van der Waals surface area contributed by atoms with Gasteiger partial charge in [0.1, 0.15) is 12.0 Å². The Morgan fingerprint density at radius 3 is 2.60 bits per heavy atom. The summed E-state index contributed by atoms with van der Waals surface area (Å²) in [6, 6.07) is 17.3. The Balaban J connectivity index is 1.04. The van der Waals surface area contributed by atoms with E-state index in [-0.39, 0.29) is 35.8 Å². The number of carbonyl (C=O) groups excluding carboxylic acids is 2. The lowest BCUT2D eigenvalue weighted by Gasteiger charge is -2.43. The van der Waals surface area contributed by atoms with E-state index in [1.165, 1.54) is 22.2 Å². The van der Waals surface area contributed by atoms with Crippen molar-refractivity contribution in [1.82, 2.24) is 28.9 Å². The maximum atomic E-state index is 14.1. The van der Waals surface area contributed by atoms with Gasteiger partial charge in [0.05, 0.1) is 27.4 Å². The summed E-state index contributed by atoms with van der Waals surface area (Å²) in [7, 11) is 1.84. The Morgan fingerprint density at radius 1 is 1.04 bits per heavy atom. The average molecular weight is 671 g/mol. The van der Waals surface area contributed by atoms with Gasteiger partial charge in [-0.15, -0.1) is 11.3 Å². The zero-order valence-electron chi connectivity index (χ0n) is 26.0. The van der Waals surface area contributed by atoms with Gasteiger partial charge in [0.25, 0.3) is 11.5 Å². The van der Waals surface area contributed by atoms with E-state index in [4.69, 9.17) is 11.6 Å². The molecule has 2 saturated heterocycles. The molecule has 10 nitrogen and oxygen atoms in total. The van der Waals surface area contributed by atoms with Gasteiger partial charge in [0, 0.05) is 74.1 Å². The van der Waals surface area contributed by atoms with E-state index in [1.807, 2.05) is 65.4 Å². The van der Waals surface area contributed by atoms with Crippen molar-refractivity contribution in [2.45, 2.75) is 37.3 Å². The third kappa shape index (κ3) is 6.10. The molecule has 242 valence electrons. The van der Waals surface area contributed by atoms with Crippen molar-refractivity contribution in [3.05, 3.63) is 105 Å². The fraction of sp³-hybridized carbons (Fsp3) is 0.343. The normalized spacial score (nSPS) is 19.6. The average Bonchev–Trinajstić information content (AvgIpc) is 3.73. The van der Waals surface area contributed by atoms with Crippen LogP contribution in [-0.4, -0.2) is 77.6 Å². The molecule has 12 heteroatoms. The lowest BCUT2D eigenvalue weighted by molar-refractivity contribution is -0.142. The van der Waals surface area contributed by atoms with E-state index < -0.39 is 5.60 Å². The van der Waals surface area contributed by atoms with E-state index in [2.05, 4.69) is 9.97 Å². The highest BCUT2D eigenvalue weighted by molar-refractivity contribution is 7.17. The molecular formula is C35H35ClN6O4S. The number of hydrogen-bond donors (Lipinski definition) is 1. The van der Waals surface area contributed by atoms with Crippen molar-refractivity contribution in [2.75, 3.05) is 26.2 Å². The number of hydrogen-bond acceptors (Lipinski definition) is 7. The molecule has 0 unspecified atom stereocenters. The molecular weight excluding hydrogens is 636 g/mol. The van der Waals surface area contributed by atoms with Gasteiger partial charge in [-0.25, -0.2) is 4.98 Å². The number of amides is 2. The molecule has 2 aliphatic rings. The largest absolute Gasteiger partial charge is 0.388 e. The Bertz CT molecular complexity index is 2000. The van der Waals surface area contributed by atoms with E-state index in [9.17, 15) is 19.5 Å². The summed E-state index contributed by atoms with van der Waals surface area (Å²) in [6.45, 7) is 1.80. The summed E-state index contributed by atoms with van der Waals surface area (Å²) in [6.07, 6.45) is 7.81. The molecule has 2 aliphatic heterocycles. The molecule has 7 rings (SSSR count). The molecule has 0 aliphatic carbocycles. The molecule has 0 bridgehead atoms. The number of fused-ring (bicyclic) bond motifs is 1. The predicted octanol–water partition coefficient (Wildman–Crippen LogP) is 4.81. The molecule has 1 N–H and O–H groups in total. The van der Waals surface area contributed by atoms with Crippen LogP contribution in [0.2, 0.25) is 5.02 Å². The molecule has 1 aromatic carbocycles. The van der Waals surface area contributed by atoms with E-state index in [0.29, 0.717) is 66.4 Å². The number of aryl methyl sites for hydroxylation is 1. The first kappa shape index (κ1) is 31.3. The van der Waals surface area contributed by atoms with Gasteiger partial charge in [0.2, 0.25) is 5.91 Å². The number of pyridine rings is 1. The molecule has 0 spiro atoms. The van der Waals surface area contributed by atoms with Crippen molar-refractivity contribution in [3.8, 4) is 10.4 Å². The van der Waals surface area contributed by atoms with E-state index >= 15 is 0 Å². The second-order valence-electron chi connectivity index (χ2n) is 12.6. The number of halogens is 1. The maximum Gasteiger partial charge on any atom is 0.263 e. The van der Waals surface area contributed by atoms with Crippen LogP contribution in [0.1, 0.15) is 40.4 Å². The lowest BCUT2D eigenvalue weighted by Crippen LogP contribution is -2.53. The smallest absolute Gasteiger partial charge is 0.263 e. The van der Waals surface area contributed by atoms with Crippen LogP contribution in [0.3, 0.4) is 0 Å². The summed E-state index contributed by atoms with van der Waals surface area (Å²) in [5, 5.41) is 12.5. The summed E-state index contributed by atoms with van der Waals surface area (Å²) >= 11 is 7.76. The third-order valence-corrected chi connectivity index (χ3v) is 11.0. The molecule has 0 radical (unpaired) electrons. The molecule has 6 heterocycles. The van der Waals surface area contributed by atoms with Gasteiger partial charge in [0.15, 0.2) is 0 Å². The molecule has 2 amide bonds. The van der Waals surface area contributed by atoms with Crippen LogP contribution in [0, 0.1) is 5.92 Å². The monoisotopic (exact) mass is 670 g/mol. The van der Waals surface area contributed by atoms with Crippen LogP contribution < -0.4 is 5.56 Å². The number of benzene rings is 1. The number of thiophene rings is 1. The Morgan fingerprint density at radius 2 is 1.83 bits per heavy atom. The number of aliphatic hydroxyl groups is 1. The standard InChI is InChI=1S/C35H35ClN6O4S/c1-39-15-10-26-31(39)38-22-42(33(26)44)21-35(46)12-17-40(18-13-35)32(43)24-11-16-41(20-27(24)23-5-3-2-4-6-23)34(45)30-8-7-29(47-30)25-9-14-37-19-28(25)36/h2-10,14-15,19,22,24,27,46H,11-13,16-18,20-21H2,1H3/t24-,27+/m1/s1. The Labute approximate surface area is 280 Å². The van der Waals surface area contributed by atoms with Crippen molar-refractivity contribution >= 4 is 45.8 Å². The quantitative estimate of drug-likeness (QED) is 0.278. The second-order valence-corrected chi connectivity index (χ2v) is 14.1. The van der Waals surface area contributed by atoms with Crippen LogP contribution in [0.25, 0.3) is 21.5 Å². The molecule has 0 saturated carbocycles. The second kappa shape index (κ2) is 12.7. The van der Waals surface area contributed by atoms with Crippen molar-refractivity contribution in [1.29, 1.82) is 0 Å². The Kier molecular flexibility index (Phi) is 8.46. The van der Waals surface area contributed by atoms with Crippen LogP contribution in [0.4, 0.5) is 0 Å². The van der Waals surface area contributed by atoms with Gasteiger partial charge in [-0.3, -0.25) is 23.9 Å². The van der Waals surface area contributed by atoms with Crippen LogP contribution in [-0.2, 0) is 18.4 Å².